The molecule has 2 amide bonds. The van der Waals surface area contributed by atoms with Gasteiger partial charge in [-0.25, -0.2) is 0 Å². The van der Waals surface area contributed by atoms with E-state index in [2.05, 4.69) is 29.3 Å². The summed E-state index contributed by atoms with van der Waals surface area (Å²) in [5.41, 5.74) is 8.32. The van der Waals surface area contributed by atoms with E-state index < -0.39 is 0 Å². The van der Waals surface area contributed by atoms with Crippen molar-refractivity contribution in [1.29, 1.82) is 0 Å². The van der Waals surface area contributed by atoms with Crippen LogP contribution in [0.5, 0.6) is 0 Å². The molecule has 0 saturated carbocycles. The fourth-order valence-electron chi connectivity index (χ4n) is 3.06. The lowest BCUT2D eigenvalue weighted by Crippen LogP contribution is -2.37. The monoisotopic (exact) mass is 355 g/mol. The highest BCUT2D eigenvalue weighted by Gasteiger charge is 2.27. The van der Waals surface area contributed by atoms with Crippen molar-refractivity contribution < 1.29 is 9.59 Å². The van der Waals surface area contributed by atoms with E-state index in [1.54, 1.807) is 0 Å². The smallest absolute Gasteiger partial charge is 0.243 e. The molecule has 1 aliphatic heterocycles. The van der Waals surface area contributed by atoms with Gasteiger partial charge in [0.1, 0.15) is 0 Å². The van der Waals surface area contributed by atoms with E-state index in [9.17, 15) is 9.59 Å². The van der Waals surface area contributed by atoms with Crippen LogP contribution in [0, 0.1) is 0 Å². The molecule has 0 saturated heterocycles. The van der Waals surface area contributed by atoms with Gasteiger partial charge in [0, 0.05) is 16.6 Å². The summed E-state index contributed by atoms with van der Waals surface area (Å²) in [5, 5.41) is 2.96. The molecule has 1 aliphatic rings. The average Bonchev–Trinajstić information content (AvgIpc) is 2.90. The number of para-hydroxylation sites is 2. The fraction of sp³-hybridized carbons (Fsp3) is 0.263. The molecule has 0 fully saturated rings. The first kappa shape index (κ1) is 17.4. The lowest BCUT2D eigenvalue weighted by atomic mass is 10.1. The topological polar surface area (TPSA) is 75.4 Å². The summed E-state index contributed by atoms with van der Waals surface area (Å²) in [4.78, 5) is 26.5. The molecule has 3 rings (SSSR count). The molecule has 6 heteroatoms. The van der Waals surface area contributed by atoms with Gasteiger partial charge in [-0.2, -0.15) is 0 Å². The zero-order valence-electron chi connectivity index (χ0n) is 14.1. The molecule has 3 N–H and O–H groups in total. The van der Waals surface area contributed by atoms with Crippen molar-refractivity contribution in [1.82, 2.24) is 0 Å². The van der Waals surface area contributed by atoms with Crippen molar-refractivity contribution in [2.75, 3.05) is 22.5 Å². The van der Waals surface area contributed by atoms with Crippen LogP contribution in [0.3, 0.4) is 0 Å². The van der Waals surface area contributed by atoms with Gasteiger partial charge in [0.2, 0.25) is 11.8 Å². The van der Waals surface area contributed by atoms with Crippen LogP contribution in [0.15, 0.2) is 53.4 Å². The van der Waals surface area contributed by atoms with Crippen molar-refractivity contribution in [3.05, 3.63) is 54.1 Å². The number of hydrogen-bond donors (Lipinski definition) is 2. The predicted octanol–water partition coefficient (Wildman–Crippen LogP) is 2.65. The number of rotatable bonds is 6. The number of carbonyl (C=O) groups excluding carboxylic acids is 2. The van der Waals surface area contributed by atoms with Gasteiger partial charge in [-0.15, -0.1) is 11.8 Å². The van der Waals surface area contributed by atoms with E-state index in [1.807, 2.05) is 36.4 Å². The molecule has 0 radical (unpaired) electrons. The molecule has 5 nitrogen and oxygen atoms in total. The Morgan fingerprint density at radius 3 is 2.72 bits per heavy atom. The second-order valence-corrected chi connectivity index (χ2v) is 7.13. The molecule has 2 aromatic rings. The van der Waals surface area contributed by atoms with E-state index in [-0.39, 0.29) is 17.6 Å². The summed E-state index contributed by atoms with van der Waals surface area (Å²) in [6, 6.07) is 15.9. The average molecular weight is 355 g/mol. The molecule has 0 spiro atoms. The van der Waals surface area contributed by atoms with E-state index >= 15 is 0 Å². The maximum atomic E-state index is 12.6. The molecular formula is C19H21N3O2S. The molecule has 0 unspecified atom stereocenters. The minimum absolute atomic E-state index is 0.0734. The highest BCUT2D eigenvalue weighted by Crippen LogP contribution is 2.32. The van der Waals surface area contributed by atoms with Crippen LogP contribution >= 0.6 is 11.8 Å². The summed E-state index contributed by atoms with van der Waals surface area (Å²) in [6.45, 7) is 2.43. The van der Waals surface area contributed by atoms with E-state index in [4.69, 9.17) is 5.73 Å². The van der Waals surface area contributed by atoms with Crippen molar-refractivity contribution in [3.63, 3.8) is 0 Å². The number of nitrogens with zero attached hydrogens (tertiary/aromatic N) is 1. The first-order chi connectivity index (χ1) is 12.0. The van der Waals surface area contributed by atoms with Crippen LogP contribution in [0.25, 0.3) is 0 Å². The number of nitrogens with two attached hydrogens (primary N) is 1. The molecule has 1 heterocycles. The van der Waals surface area contributed by atoms with Crippen molar-refractivity contribution in [3.8, 4) is 0 Å². The molecule has 0 bridgehead atoms. The zero-order chi connectivity index (χ0) is 17.8. The molecule has 1 atom stereocenters. The third-order valence-corrected chi connectivity index (χ3v) is 5.29. The van der Waals surface area contributed by atoms with E-state index in [1.165, 1.54) is 17.3 Å². The Labute approximate surface area is 151 Å². The lowest BCUT2D eigenvalue weighted by Gasteiger charge is -2.24. The van der Waals surface area contributed by atoms with Gasteiger partial charge in [0.25, 0.3) is 0 Å². The number of amides is 2. The molecule has 130 valence electrons. The Balaban J connectivity index is 1.68. The number of nitrogens with one attached hydrogen (secondary N) is 1. The second-order valence-electron chi connectivity index (χ2n) is 6.11. The van der Waals surface area contributed by atoms with Crippen molar-refractivity contribution >= 4 is 35.0 Å². The first-order valence-electron chi connectivity index (χ1n) is 8.19. The number of anilines is 2. The third-order valence-electron chi connectivity index (χ3n) is 4.19. The van der Waals surface area contributed by atoms with Crippen molar-refractivity contribution in [2.24, 2.45) is 5.73 Å². The van der Waals surface area contributed by atoms with Gasteiger partial charge in [-0.05, 0) is 37.1 Å². The molecule has 0 aromatic heterocycles. The SMILES string of the molecule is C[C@@H]1Cc2ccccc2N1CC(=O)Nc1ccccc1SCC(N)=O. The number of benzene rings is 2. The van der Waals surface area contributed by atoms with Crippen LogP contribution in [-0.2, 0) is 16.0 Å². The van der Waals surface area contributed by atoms with Crippen LogP contribution in [0.2, 0.25) is 0 Å². The van der Waals surface area contributed by atoms with Crippen LogP contribution < -0.4 is 16.0 Å². The second kappa shape index (κ2) is 7.61. The minimum Gasteiger partial charge on any atom is -0.369 e. The summed E-state index contributed by atoms with van der Waals surface area (Å²) in [7, 11) is 0. The van der Waals surface area contributed by atoms with Crippen LogP contribution in [-0.4, -0.2) is 30.2 Å². The maximum Gasteiger partial charge on any atom is 0.243 e. The van der Waals surface area contributed by atoms with Crippen LogP contribution in [0.1, 0.15) is 12.5 Å². The summed E-state index contributed by atoms with van der Waals surface area (Å²) < 4.78 is 0. The Bertz CT molecular complexity index is 794. The number of fused-ring (bicyclic) bond motifs is 1. The van der Waals surface area contributed by atoms with Crippen LogP contribution in [0.4, 0.5) is 11.4 Å². The first-order valence-corrected chi connectivity index (χ1v) is 9.17. The fourth-order valence-corrected chi connectivity index (χ4v) is 3.81. The summed E-state index contributed by atoms with van der Waals surface area (Å²) in [5.74, 6) is -0.270. The van der Waals surface area contributed by atoms with Gasteiger partial charge in [-0.1, -0.05) is 30.3 Å². The molecule has 2 aromatic carbocycles. The highest BCUT2D eigenvalue weighted by atomic mass is 32.2. The normalized spacial score (nSPS) is 15.7. The summed E-state index contributed by atoms with van der Waals surface area (Å²) >= 11 is 1.33. The Kier molecular flexibility index (Phi) is 5.28. The number of hydrogen-bond acceptors (Lipinski definition) is 4. The Morgan fingerprint density at radius 1 is 1.20 bits per heavy atom. The number of thioether (sulfide) groups is 1. The van der Waals surface area contributed by atoms with Gasteiger partial charge in [0.05, 0.1) is 18.0 Å². The molecular weight excluding hydrogens is 334 g/mol. The zero-order valence-corrected chi connectivity index (χ0v) is 14.9. The van der Waals surface area contributed by atoms with E-state index in [0.717, 1.165) is 17.0 Å². The standard InChI is InChI=1S/C19H21N3O2S/c1-13-10-14-6-2-4-8-16(14)22(13)11-19(24)21-15-7-3-5-9-17(15)25-12-18(20)23/h2-9,13H,10-12H2,1H3,(H2,20,23)(H,21,24)/t13-/m1/s1. The Morgan fingerprint density at radius 2 is 1.92 bits per heavy atom. The van der Waals surface area contributed by atoms with Gasteiger partial charge in [0.15, 0.2) is 0 Å². The van der Waals surface area contributed by atoms with E-state index in [0.29, 0.717) is 18.3 Å². The van der Waals surface area contributed by atoms with Gasteiger partial charge < -0.3 is 16.0 Å². The molecule has 0 aliphatic carbocycles. The highest BCUT2D eigenvalue weighted by molar-refractivity contribution is 8.00. The van der Waals surface area contributed by atoms with Gasteiger partial charge in [-0.3, -0.25) is 9.59 Å². The van der Waals surface area contributed by atoms with Gasteiger partial charge >= 0.3 is 0 Å². The molecule has 25 heavy (non-hydrogen) atoms. The quantitative estimate of drug-likeness (QED) is 0.781. The largest absolute Gasteiger partial charge is 0.369 e. The summed E-state index contributed by atoms with van der Waals surface area (Å²) in [6.07, 6.45) is 0.953. The number of carbonyl (C=O) groups is 2. The third kappa shape index (κ3) is 4.14. The number of primary amides is 1. The lowest BCUT2D eigenvalue weighted by molar-refractivity contribution is -0.116. The van der Waals surface area contributed by atoms with Crippen molar-refractivity contribution in [2.45, 2.75) is 24.3 Å². The maximum absolute atomic E-state index is 12.6. The minimum atomic E-state index is -0.381. The predicted molar refractivity (Wildman–Crippen MR) is 102 cm³/mol. The Hall–Kier alpha value is -2.47.